The number of benzene rings is 3. The topological polar surface area (TPSA) is 68.1 Å². The molecule has 1 aliphatic rings. The maximum atomic E-state index is 15.7. The average Bonchev–Trinajstić information content (AvgIpc) is 2.92. The lowest BCUT2D eigenvalue weighted by atomic mass is 9.77. The number of nitrogens with zero attached hydrogens (tertiary/aromatic N) is 5. The molecule has 4 aromatic rings. The number of halogens is 1. The quantitative estimate of drug-likeness (QED) is 0.278. The van der Waals surface area contributed by atoms with E-state index in [1.165, 1.54) is 11.6 Å². The summed E-state index contributed by atoms with van der Waals surface area (Å²) in [4.78, 5) is 13.5. The third kappa shape index (κ3) is 5.50. The Morgan fingerprint density at radius 2 is 1.73 bits per heavy atom. The minimum absolute atomic E-state index is 0.0505. The number of hydrogen-bond donors (Lipinski definition) is 1. The second-order valence-electron chi connectivity index (χ2n) is 12.2. The number of anilines is 3. The van der Waals surface area contributed by atoms with Gasteiger partial charge in [0.05, 0.1) is 17.8 Å². The lowest BCUT2D eigenvalue weighted by Gasteiger charge is -2.55. The van der Waals surface area contributed by atoms with Crippen LogP contribution in [-0.4, -0.2) is 39.0 Å². The Hall–Kier alpha value is -4.02. The highest BCUT2D eigenvalue weighted by Crippen LogP contribution is 2.41. The predicted molar refractivity (Wildman–Crippen MR) is 160 cm³/mol. The minimum atomic E-state index is -0.456. The zero-order chi connectivity index (χ0) is 28.7. The van der Waals surface area contributed by atoms with E-state index >= 15 is 4.39 Å². The molecule has 0 unspecified atom stereocenters. The maximum absolute atomic E-state index is 15.7. The van der Waals surface area contributed by atoms with Gasteiger partial charge in [0, 0.05) is 29.4 Å². The van der Waals surface area contributed by atoms with Crippen LogP contribution in [0.1, 0.15) is 57.2 Å². The summed E-state index contributed by atoms with van der Waals surface area (Å²) >= 11 is 0. The fourth-order valence-corrected chi connectivity index (χ4v) is 6.02. The number of nitriles is 1. The van der Waals surface area contributed by atoms with Crippen molar-refractivity contribution in [3.05, 3.63) is 89.4 Å². The van der Waals surface area contributed by atoms with E-state index in [1.54, 1.807) is 6.07 Å². The molecule has 0 atom stereocenters. The van der Waals surface area contributed by atoms with E-state index in [-0.39, 0.29) is 22.9 Å². The first-order chi connectivity index (χ1) is 19.0. The van der Waals surface area contributed by atoms with E-state index in [4.69, 9.17) is 4.98 Å². The minimum Gasteiger partial charge on any atom is -0.347 e. The molecule has 3 aromatic carbocycles. The molecule has 1 fully saturated rings. The summed E-state index contributed by atoms with van der Waals surface area (Å²) in [7, 11) is 2.17. The van der Waals surface area contributed by atoms with Crippen LogP contribution in [0.3, 0.4) is 0 Å². The molecule has 0 saturated carbocycles. The molecular formula is C33H37FN6. The molecule has 1 N–H and O–H groups in total. The third-order valence-electron chi connectivity index (χ3n) is 8.51. The average molecular weight is 537 g/mol. The van der Waals surface area contributed by atoms with Crippen LogP contribution >= 0.6 is 0 Å². The summed E-state index contributed by atoms with van der Waals surface area (Å²) in [6.45, 7) is 11.4. The largest absolute Gasteiger partial charge is 0.347 e. The Balaban J connectivity index is 1.55. The highest BCUT2D eigenvalue weighted by molar-refractivity contribution is 5.83. The first kappa shape index (κ1) is 27.5. The van der Waals surface area contributed by atoms with Crippen LogP contribution in [0.5, 0.6) is 0 Å². The van der Waals surface area contributed by atoms with Crippen molar-refractivity contribution in [2.75, 3.05) is 17.3 Å². The van der Waals surface area contributed by atoms with E-state index in [9.17, 15) is 5.26 Å². The normalized spacial score (nSPS) is 16.9. The van der Waals surface area contributed by atoms with Crippen molar-refractivity contribution in [3.63, 3.8) is 0 Å². The SMILES string of the molecule is Cc1ccc(Nc2ncc(F)c(N(Cc3ccc4ccccc4c3)C3CC(C)(C)N(C)C(C)(C)C3)n2)cc1C#N. The van der Waals surface area contributed by atoms with Crippen LogP contribution in [0.4, 0.5) is 21.8 Å². The summed E-state index contributed by atoms with van der Waals surface area (Å²) in [5.41, 5.74) is 3.06. The van der Waals surface area contributed by atoms with Crippen LogP contribution in [0, 0.1) is 24.1 Å². The molecule has 7 heteroatoms. The van der Waals surface area contributed by atoms with E-state index in [0.29, 0.717) is 23.7 Å². The molecular weight excluding hydrogens is 499 g/mol. The number of fused-ring (bicyclic) bond motifs is 1. The Morgan fingerprint density at radius 3 is 2.42 bits per heavy atom. The third-order valence-corrected chi connectivity index (χ3v) is 8.51. The van der Waals surface area contributed by atoms with Gasteiger partial charge in [-0.1, -0.05) is 42.5 Å². The van der Waals surface area contributed by atoms with E-state index in [0.717, 1.165) is 29.4 Å². The molecule has 2 heterocycles. The highest BCUT2D eigenvalue weighted by Gasteiger charge is 2.45. The molecule has 0 spiro atoms. The molecule has 206 valence electrons. The van der Waals surface area contributed by atoms with Crippen molar-refractivity contribution < 1.29 is 4.39 Å². The second-order valence-corrected chi connectivity index (χ2v) is 12.2. The summed E-state index contributed by atoms with van der Waals surface area (Å²) in [5.74, 6) is 0.112. The van der Waals surface area contributed by atoms with Crippen molar-refractivity contribution in [2.45, 2.75) is 71.1 Å². The number of piperidine rings is 1. The van der Waals surface area contributed by atoms with Gasteiger partial charge in [-0.05, 0) is 94.6 Å². The van der Waals surface area contributed by atoms with Crippen molar-refractivity contribution in [2.24, 2.45) is 0 Å². The monoisotopic (exact) mass is 536 g/mol. The van der Waals surface area contributed by atoms with Crippen LogP contribution < -0.4 is 10.2 Å². The van der Waals surface area contributed by atoms with Gasteiger partial charge in [-0.25, -0.2) is 9.37 Å². The van der Waals surface area contributed by atoms with Gasteiger partial charge in [-0.15, -0.1) is 0 Å². The fraction of sp³-hybridized carbons (Fsp3) is 0.364. The van der Waals surface area contributed by atoms with Crippen LogP contribution in [-0.2, 0) is 6.54 Å². The molecule has 0 amide bonds. The first-order valence-corrected chi connectivity index (χ1v) is 13.8. The lowest BCUT2D eigenvalue weighted by Crippen LogP contribution is -2.62. The number of rotatable bonds is 6. The Morgan fingerprint density at radius 1 is 1.02 bits per heavy atom. The zero-order valence-electron chi connectivity index (χ0n) is 24.2. The summed E-state index contributed by atoms with van der Waals surface area (Å²) in [5, 5.41) is 15.0. The number of aryl methyl sites for hydroxylation is 1. The zero-order valence-corrected chi connectivity index (χ0v) is 24.2. The molecule has 5 rings (SSSR count). The van der Waals surface area contributed by atoms with Gasteiger partial charge in [-0.3, -0.25) is 4.90 Å². The Bertz CT molecular complexity index is 1570. The van der Waals surface area contributed by atoms with Crippen molar-refractivity contribution in [1.29, 1.82) is 5.26 Å². The van der Waals surface area contributed by atoms with E-state index < -0.39 is 5.82 Å². The highest BCUT2D eigenvalue weighted by atomic mass is 19.1. The maximum Gasteiger partial charge on any atom is 0.229 e. The summed E-state index contributed by atoms with van der Waals surface area (Å²) in [6, 6.07) is 22.5. The van der Waals surface area contributed by atoms with Gasteiger partial charge in [0.2, 0.25) is 5.95 Å². The van der Waals surface area contributed by atoms with Crippen molar-refractivity contribution >= 4 is 28.2 Å². The summed E-state index contributed by atoms with van der Waals surface area (Å²) < 4.78 is 15.7. The van der Waals surface area contributed by atoms with E-state index in [2.05, 4.69) is 91.2 Å². The number of aromatic nitrogens is 2. The molecule has 40 heavy (non-hydrogen) atoms. The Labute approximate surface area is 236 Å². The van der Waals surface area contributed by atoms with Gasteiger partial charge >= 0.3 is 0 Å². The molecule has 1 saturated heterocycles. The van der Waals surface area contributed by atoms with Crippen LogP contribution in [0.2, 0.25) is 0 Å². The van der Waals surface area contributed by atoms with Crippen molar-refractivity contribution in [1.82, 2.24) is 14.9 Å². The van der Waals surface area contributed by atoms with Gasteiger partial charge in [0.15, 0.2) is 11.6 Å². The Kier molecular flexibility index (Phi) is 7.24. The van der Waals surface area contributed by atoms with Gasteiger partial charge in [-0.2, -0.15) is 10.2 Å². The van der Waals surface area contributed by atoms with E-state index in [1.807, 2.05) is 31.2 Å². The molecule has 6 nitrogen and oxygen atoms in total. The number of hydrogen-bond acceptors (Lipinski definition) is 6. The standard InChI is InChI=1S/C33H37FN6/c1-22-11-14-27(16-26(22)19-35)37-31-36-20-29(34)30(38-31)40(28-17-32(2,3)39(6)33(4,5)18-28)21-23-12-13-24-9-7-8-10-25(24)15-23/h7-16,20,28H,17-18,21H2,1-6H3,(H,36,37,38). The van der Waals surface area contributed by atoms with Gasteiger partial charge in [0.25, 0.3) is 0 Å². The molecule has 1 aliphatic heterocycles. The fourth-order valence-electron chi connectivity index (χ4n) is 6.02. The molecule has 0 radical (unpaired) electrons. The smallest absolute Gasteiger partial charge is 0.229 e. The first-order valence-electron chi connectivity index (χ1n) is 13.8. The molecule has 0 bridgehead atoms. The second kappa shape index (κ2) is 10.5. The van der Waals surface area contributed by atoms with Gasteiger partial charge in [0.1, 0.15) is 0 Å². The van der Waals surface area contributed by atoms with Crippen LogP contribution in [0.15, 0.2) is 66.9 Å². The number of likely N-dealkylation sites (tertiary alicyclic amines) is 1. The van der Waals surface area contributed by atoms with Crippen LogP contribution in [0.25, 0.3) is 10.8 Å². The van der Waals surface area contributed by atoms with Gasteiger partial charge < -0.3 is 10.2 Å². The molecule has 0 aliphatic carbocycles. The number of nitrogens with one attached hydrogen (secondary N) is 1. The predicted octanol–water partition coefficient (Wildman–Crippen LogP) is 7.35. The molecule has 1 aromatic heterocycles. The van der Waals surface area contributed by atoms with Crippen molar-refractivity contribution in [3.8, 4) is 6.07 Å². The summed E-state index contributed by atoms with van der Waals surface area (Å²) in [6.07, 6.45) is 2.95. The lowest BCUT2D eigenvalue weighted by molar-refractivity contribution is -0.0132.